The van der Waals surface area contributed by atoms with Crippen molar-refractivity contribution in [3.8, 4) is 11.5 Å². The molecular formula is C25H21N3O5. The highest BCUT2D eigenvalue weighted by molar-refractivity contribution is 5.80. The van der Waals surface area contributed by atoms with Crippen LogP contribution < -0.4 is 15.0 Å². The third kappa shape index (κ3) is 5.24. The number of aromatic nitrogens is 2. The first-order valence-electron chi connectivity index (χ1n) is 10.2. The molecular weight excluding hydrogens is 422 g/mol. The molecule has 0 atom stereocenters. The molecule has 0 aliphatic rings. The molecule has 1 N–H and O–H groups in total. The number of rotatable bonds is 8. The van der Waals surface area contributed by atoms with Crippen molar-refractivity contribution in [1.82, 2.24) is 9.66 Å². The second kappa shape index (κ2) is 9.78. The maximum atomic E-state index is 13.1. The molecule has 8 heteroatoms. The number of carboxylic acid groups (broad SMARTS) is 1. The largest absolute Gasteiger partial charge is 0.485 e. The van der Waals surface area contributed by atoms with Gasteiger partial charge in [0, 0.05) is 0 Å². The smallest absolute Gasteiger partial charge is 0.341 e. The van der Waals surface area contributed by atoms with Crippen LogP contribution in [-0.2, 0) is 11.4 Å². The molecule has 0 spiro atoms. The summed E-state index contributed by atoms with van der Waals surface area (Å²) in [6, 6.07) is 21.4. The van der Waals surface area contributed by atoms with Crippen molar-refractivity contribution >= 4 is 23.1 Å². The van der Waals surface area contributed by atoms with Gasteiger partial charge in [-0.1, -0.05) is 30.3 Å². The first kappa shape index (κ1) is 21.8. The standard InChI is InChI=1S/C25H21N3O5/c1-17-6-2-5-9-22(17)33-15-23-27-21-8-4-3-7-20(21)25(31)28(23)26-14-18-10-12-19(13-11-18)32-16-24(29)30/h2-14H,15-16H2,1H3,(H,29,30)/b26-14+. The second-order valence-electron chi connectivity index (χ2n) is 7.21. The van der Waals surface area contributed by atoms with Crippen molar-refractivity contribution in [3.63, 3.8) is 0 Å². The normalized spacial score (nSPS) is 11.1. The van der Waals surface area contributed by atoms with Crippen molar-refractivity contribution in [3.05, 3.63) is 100 Å². The minimum absolute atomic E-state index is 0.0598. The van der Waals surface area contributed by atoms with E-state index in [2.05, 4.69) is 10.1 Å². The molecule has 166 valence electrons. The quantitative estimate of drug-likeness (QED) is 0.417. The molecule has 0 fully saturated rings. The van der Waals surface area contributed by atoms with Gasteiger partial charge < -0.3 is 14.6 Å². The number of fused-ring (bicyclic) bond motifs is 1. The van der Waals surface area contributed by atoms with E-state index in [1.165, 1.54) is 10.9 Å². The number of hydrogen-bond donors (Lipinski definition) is 1. The van der Waals surface area contributed by atoms with Crippen LogP contribution in [0, 0.1) is 6.92 Å². The number of nitrogens with zero attached hydrogens (tertiary/aromatic N) is 3. The van der Waals surface area contributed by atoms with Gasteiger partial charge in [-0.05, 0) is 60.5 Å². The SMILES string of the molecule is Cc1ccccc1OCc1nc2ccccc2c(=O)n1/N=C/c1ccc(OCC(=O)O)cc1. The fourth-order valence-corrected chi connectivity index (χ4v) is 3.16. The molecule has 0 radical (unpaired) electrons. The minimum Gasteiger partial charge on any atom is -0.485 e. The highest BCUT2D eigenvalue weighted by atomic mass is 16.5. The molecule has 0 amide bonds. The summed E-state index contributed by atoms with van der Waals surface area (Å²) in [5.41, 5.74) is 1.93. The molecule has 8 nitrogen and oxygen atoms in total. The van der Waals surface area contributed by atoms with Gasteiger partial charge in [-0.2, -0.15) is 9.78 Å². The number of carbonyl (C=O) groups is 1. The number of ether oxygens (including phenoxy) is 2. The lowest BCUT2D eigenvalue weighted by atomic mass is 10.2. The molecule has 33 heavy (non-hydrogen) atoms. The van der Waals surface area contributed by atoms with Gasteiger partial charge in [-0.15, -0.1) is 0 Å². The molecule has 0 unspecified atom stereocenters. The van der Waals surface area contributed by atoms with Crippen molar-refractivity contribution in [1.29, 1.82) is 0 Å². The Morgan fingerprint density at radius 1 is 1.03 bits per heavy atom. The van der Waals surface area contributed by atoms with Crippen LogP contribution >= 0.6 is 0 Å². The van der Waals surface area contributed by atoms with Crippen molar-refractivity contribution < 1.29 is 19.4 Å². The van der Waals surface area contributed by atoms with Crippen molar-refractivity contribution in [2.45, 2.75) is 13.5 Å². The highest BCUT2D eigenvalue weighted by Gasteiger charge is 2.11. The van der Waals surface area contributed by atoms with Gasteiger partial charge >= 0.3 is 5.97 Å². The lowest BCUT2D eigenvalue weighted by Gasteiger charge is -2.12. The summed E-state index contributed by atoms with van der Waals surface area (Å²) >= 11 is 0. The first-order valence-corrected chi connectivity index (χ1v) is 10.2. The average Bonchev–Trinajstić information content (AvgIpc) is 2.82. The van der Waals surface area contributed by atoms with Gasteiger partial charge in [0.2, 0.25) is 0 Å². The Balaban J connectivity index is 1.64. The van der Waals surface area contributed by atoms with Gasteiger partial charge in [-0.3, -0.25) is 4.79 Å². The predicted molar refractivity (Wildman–Crippen MR) is 124 cm³/mol. The van der Waals surface area contributed by atoms with Crippen LogP contribution in [0.1, 0.15) is 17.0 Å². The molecule has 0 bridgehead atoms. The van der Waals surface area contributed by atoms with E-state index in [1.807, 2.05) is 37.3 Å². The summed E-state index contributed by atoms with van der Waals surface area (Å²) in [6.45, 7) is 1.58. The van der Waals surface area contributed by atoms with Crippen LogP contribution in [0.5, 0.6) is 11.5 Å². The number of aliphatic carboxylic acids is 1. The topological polar surface area (TPSA) is 103 Å². The second-order valence-corrected chi connectivity index (χ2v) is 7.21. The Kier molecular flexibility index (Phi) is 6.45. The van der Waals surface area contributed by atoms with Gasteiger partial charge in [0.1, 0.15) is 18.1 Å². The van der Waals surface area contributed by atoms with E-state index in [4.69, 9.17) is 14.6 Å². The van der Waals surface area contributed by atoms with Crippen LogP contribution in [0.4, 0.5) is 0 Å². The number of benzene rings is 3. The third-order valence-corrected chi connectivity index (χ3v) is 4.84. The average molecular weight is 443 g/mol. The Bertz CT molecular complexity index is 1380. The van der Waals surface area contributed by atoms with Crippen molar-refractivity contribution in [2.24, 2.45) is 5.10 Å². The van der Waals surface area contributed by atoms with Crippen LogP contribution in [-0.4, -0.2) is 33.6 Å². The molecule has 0 saturated carbocycles. The maximum absolute atomic E-state index is 13.1. The molecule has 1 heterocycles. The zero-order valence-corrected chi connectivity index (χ0v) is 17.8. The molecule has 0 aliphatic carbocycles. The number of carboxylic acids is 1. The molecule has 0 saturated heterocycles. The maximum Gasteiger partial charge on any atom is 0.341 e. The molecule has 0 aliphatic heterocycles. The van der Waals surface area contributed by atoms with E-state index in [9.17, 15) is 9.59 Å². The number of aryl methyl sites for hydroxylation is 1. The minimum atomic E-state index is -1.05. The van der Waals surface area contributed by atoms with Gasteiger partial charge in [0.05, 0.1) is 17.1 Å². The Morgan fingerprint density at radius 2 is 1.76 bits per heavy atom. The Labute approximate surface area is 189 Å². The molecule has 1 aromatic heterocycles. The summed E-state index contributed by atoms with van der Waals surface area (Å²) in [7, 11) is 0. The monoisotopic (exact) mass is 443 g/mol. The van der Waals surface area contributed by atoms with Crippen LogP contribution in [0.15, 0.2) is 82.7 Å². The van der Waals surface area contributed by atoms with Crippen LogP contribution in [0.3, 0.4) is 0 Å². The number of para-hydroxylation sites is 2. The lowest BCUT2D eigenvalue weighted by Crippen LogP contribution is -2.23. The van der Waals surface area contributed by atoms with Gasteiger partial charge in [-0.25, -0.2) is 9.78 Å². The fourth-order valence-electron chi connectivity index (χ4n) is 3.16. The van der Waals surface area contributed by atoms with E-state index in [0.717, 1.165) is 5.56 Å². The summed E-state index contributed by atoms with van der Waals surface area (Å²) in [4.78, 5) is 28.4. The van der Waals surface area contributed by atoms with Gasteiger partial charge in [0.25, 0.3) is 5.56 Å². The van der Waals surface area contributed by atoms with E-state index in [-0.39, 0.29) is 12.2 Å². The Morgan fingerprint density at radius 3 is 2.52 bits per heavy atom. The summed E-state index contributed by atoms with van der Waals surface area (Å²) in [5, 5.41) is 13.5. The predicted octanol–water partition coefficient (Wildman–Crippen LogP) is 3.63. The van der Waals surface area contributed by atoms with E-state index in [1.54, 1.807) is 42.5 Å². The summed E-state index contributed by atoms with van der Waals surface area (Å²) in [5.74, 6) is 0.433. The Hall–Kier alpha value is -4.46. The summed E-state index contributed by atoms with van der Waals surface area (Å²) in [6.07, 6.45) is 1.52. The van der Waals surface area contributed by atoms with E-state index in [0.29, 0.717) is 33.8 Å². The van der Waals surface area contributed by atoms with Crippen LogP contribution in [0.25, 0.3) is 10.9 Å². The molecule has 4 aromatic rings. The fraction of sp³-hybridized carbons (Fsp3) is 0.120. The number of hydrogen-bond acceptors (Lipinski definition) is 6. The zero-order valence-electron chi connectivity index (χ0n) is 17.8. The highest BCUT2D eigenvalue weighted by Crippen LogP contribution is 2.18. The van der Waals surface area contributed by atoms with Gasteiger partial charge in [0.15, 0.2) is 12.4 Å². The molecule has 4 rings (SSSR count). The van der Waals surface area contributed by atoms with E-state index >= 15 is 0 Å². The van der Waals surface area contributed by atoms with E-state index < -0.39 is 12.6 Å². The molecule has 3 aromatic carbocycles. The first-order chi connectivity index (χ1) is 16.0. The van der Waals surface area contributed by atoms with Crippen molar-refractivity contribution in [2.75, 3.05) is 6.61 Å². The summed E-state index contributed by atoms with van der Waals surface area (Å²) < 4.78 is 12.3. The zero-order chi connectivity index (χ0) is 23.2. The third-order valence-electron chi connectivity index (χ3n) is 4.84. The lowest BCUT2D eigenvalue weighted by molar-refractivity contribution is -0.139. The van der Waals surface area contributed by atoms with Crippen LogP contribution in [0.2, 0.25) is 0 Å².